The molecule has 1 aromatic carbocycles. The van der Waals surface area contributed by atoms with E-state index >= 15 is 0 Å². The molecule has 1 heterocycles. The van der Waals surface area contributed by atoms with Crippen LogP contribution in [-0.2, 0) is 24.3 Å². The number of primary amides is 1. The van der Waals surface area contributed by atoms with Crippen LogP contribution in [0.15, 0.2) is 29.2 Å². The lowest BCUT2D eigenvalue weighted by molar-refractivity contribution is -0.121. The summed E-state index contributed by atoms with van der Waals surface area (Å²) < 4.78 is 37.1. The molecule has 0 aliphatic carbocycles. The van der Waals surface area contributed by atoms with Crippen molar-refractivity contribution in [1.29, 1.82) is 0 Å². The molecule has 8 nitrogen and oxygen atoms in total. The molecule has 2 atom stereocenters. The molecule has 1 amide bonds. The molecule has 24 heavy (non-hydrogen) atoms. The van der Waals surface area contributed by atoms with Gasteiger partial charge in [0.25, 0.3) is 5.91 Å². The maximum Gasteiger partial charge on any atom is 0.338 e. The van der Waals surface area contributed by atoms with E-state index in [1.807, 2.05) is 0 Å². The van der Waals surface area contributed by atoms with Crippen molar-refractivity contribution in [3.05, 3.63) is 29.8 Å². The highest BCUT2D eigenvalue weighted by molar-refractivity contribution is 7.89. The Morgan fingerprint density at radius 3 is 2.50 bits per heavy atom. The van der Waals surface area contributed by atoms with Gasteiger partial charge in [-0.05, 0) is 32.0 Å². The van der Waals surface area contributed by atoms with Crippen LogP contribution in [0.3, 0.4) is 0 Å². The van der Waals surface area contributed by atoms with Crippen LogP contribution in [-0.4, -0.2) is 56.5 Å². The molecule has 0 bridgehead atoms. The Morgan fingerprint density at radius 2 is 1.92 bits per heavy atom. The number of morpholine rings is 1. The second-order valence-electron chi connectivity index (χ2n) is 5.65. The van der Waals surface area contributed by atoms with Crippen LogP contribution in [0.1, 0.15) is 24.2 Å². The van der Waals surface area contributed by atoms with Gasteiger partial charge in [0.2, 0.25) is 10.0 Å². The normalized spacial score (nSPS) is 22.1. The summed E-state index contributed by atoms with van der Waals surface area (Å²) in [6.07, 6.45) is -0.431. The number of carbonyl (C=O) groups is 2. The van der Waals surface area contributed by atoms with Crippen molar-refractivity contribution in [2.75, 3.05) is 19.7 Å². The van der Waals surface area contributed by atoms with E-state index in [0.717, 1.165) is 0 Å². The fraction of sp³-hybridized carbons (Fsp3) is 0.467. The van der Waals surface area contributed by atoms with E-state index in [4.69, 9.17) is 15.2 Å². The first kappa shape index (κ1) is 18.4. The molecule has 0 aromatic heterocycles. The number of hydrogen-bond donors (Lipinski definition) is 1. The van der Waals surface area contributed by atoms with Crippen LogP contribution in [0.25, 0.3) is 0 Å². The highest BCUT2D eigenvalue weighted by atomic mass is 32.2. The number of rotatable bonds is 5. The van der Waals surface area contributed by atoms with Gasteiger partial charge in [0.05, 0.1) is 22.7 Å². The Morgan fingerprint density at radius 1 is 1.29 bits per heavy atom. The van der Waals surface area contributed by atoms with Gasteiger partial charge < -0.3 is 15.2 Å². The van der Waals surface area contributed by atoms with Gasteiger partial charge in [-0.1, -0.05) is 6.07 Å². The van der Waals surface area contributed by atoms with Crippen LogP contribution in [0, 0.1) is 0 Å². The molecule has 9 heteroatoms. The van der Waals surface area contributed by atoms with E-state index in [1.165, 1.54) is 28.6 Å². The number of benzene rings is 1. The summed E-state index contributed by atoms with van der Waals surface area (Å²) in [5.74, 6) is -1.60. The summed E-state index contributed by atoms with van der Waals surface area (Å²) >= 11 is 0. The molecular weight excluding hydrogens is 336 g/mol. The van der Waals surface area contributed by atoms with Gasteiger partial charge in [0, 0.05) is 13.1 Å². The van der Waals surface area contributed by atoms with Gasteiger partial charge in [-0.15, -0.1) is 0 Å². The summed E-state index contributed by atoms with van der Waals surface area (Å²) in [6, 6.07) is 5.49. The number of esters is 1. The first-order valence-corrected chi connectivity index (χ1v) is 8.85. The standard InChI is InChI=1S/C15H20N2O6S/c1-10-7-17(8-11(2)23-10)24(20,21)13-5-3-4-12(6-13)15(19)22-9-14(16)18/h3-6,10-11H,7-9H2,1-2H3,(H2,16,18)/t10-,11-/m1/s1. The Kier molecular flexibility index (Phi) is 5.58. The van der Waals surface area contributed by atoms with Crippen molar-refractivity contribution in [2.24, 2.45) is 5.73 Å². The maximum absolute atomic E-state index is 12.8. The zero-order chi connectivity index (χ0) is 17.9. The second kappa shape index (κ2) is 7.29. The molecule has 2 N–H and O–H groups in total. The Bertz CT molecular complexity index is 723. The minimum atomic E-state index is -3.76. The highest BCUT2D eigenvalue weighted by Gasteiger charge is 2.32. The van der Waals surface area contributed by atoms with Gasteiger partial charge in [0.15, 0.2) is 6.61 Å². The van der Waals surface area contributed by atoms with Crippen molar-refractivity contribution in [1.82, 2.24) is 4.31 Å². The smallest absolute Gasteiger partial charge is 0.338 e. The minimum absolute atomic E-state index is 0.0164. The quantitative estimate of drug-likeness (QED) is 0.750. The molecular formula is C15H20N2O6S. The van der Waals surface area contributed by atoms with Gasteiger partial charge in [-0.3, -0.25) is 4.79 Å². The predicted octanol–water partition coefficient (Wildman–Crippen LogP) is 0.127. The summed E-state index contributed by atoms with van der Waals surface area (Å²) in [6.45, 7) is 3.52. The predicted molar refractivity (Wildman–Crippen MR) is 84.7 cm³/mol. The Hall–Kier alpha value is -1.97. The number of amides is 1. The molecule has 1 aliphatic heterocycles. The monoisotopic (exact) mass is 356 g/mol. The van der Waals surface area contributed by atoms with E-state index in [1.54, 1.807) is 13.8 Å². The fourth-order valence-corrected chi connectivity index (χ4v) is 4.12. The third kappa shape index (κ3) is 4.31. The van der Waals surface area contributed by atoms with E-state index < -0.39 is 28.5 Å². The number of sulfonamides is 1. The number of ether oxygens (including phenoxy) is 2. The number of carbonyl (C=O) groups excluding carboxylic acids is 2. The summed E-state index contributed by atoms with van der Waals surface area (Å²) in [4.78, 5) is 22.5. The average Bonchev–Trinajstić information content (AvgIpc) is 2.51. The number of nitrogens with zero attached hydrogens (tertiary/aromatic N) is 1. The van der Waals surface area contributed by atoms with Crippen molar-refractivity contribution in [2.45, 2.75) is 31.0 Å². The van der Waals surface area contributed by atoms with Crippen LogP contribution in [0.4, 0.5) is 0 Å². The molecule has 0 radical (unpaired) electrons. The largest absolute Gasteiger partial charge is 0.452 e. The van der Waals surface area contributed by atoms with E-state index in [0.29, 0.717) is 0 Å². The highest BCUT2D eigenvalue weighted by Crippen LogP contribution is 2.22. The SMILES string of the molecule is C[C@@H]1CN(S(=O)(=O)c2cccc(C(=O)OCC(N)=O)c2)C[C@@H](C)O1. The topological polar surface area (TPSA) is 116 Å². The van der Waals surface area contributed by atoms with Crippen molar-refractivity contribution < 1.29 is 27.5 Å². The van der Waals surface area contributed by atoms with Crippen LogP contribution in [0.5, 0.6) is 0 Å². The molecule has 0 unspecified atom stereocenters. The molecule has 1 aromatic rings. The van der Waals surface area contributed by atoms with E-state index in [-0.39, 0.29) is 35.8 Å². The van der Waals surface area contributed by atoms with Crippen molar-refractivity contribution in [3.63, 3.8) is 0 Å². The van der Waals surface area contributed by atoms with Crippen LogP contribution in [0.2, 0.25) is 0 Å². The summed E-state index contributed by atoms with van der Waals surface area (Å²) in [5.41, 5.74) is 4.94. The van der Waals surface area contributed by atoms with Crippen LogP contribution >= 0.6 is 0 Å². The maximum atomic E-state index is 12.8. The lowest BCUT2D eigenvalue weighted by atomic mass is 10.2. The third-order valence-corrected chi connectivity index (χ3v) is 5.27. The lowest BCUT2D eigenvalue weighted by Crippen LogP contribution is -2.48. The van der Waals surface area contributed by atoms with Gasteiger partial charge in [-0.25, -0.2) is 13.2 Å². The Labute approximate surface area is 140 Å². The first-order chi connectivity index (χ1) is 11.2. The van der Waals surface area contributed by atoms with E-state index in [2.05, 4.69) is 0 Å². The van der Waals surface area contributed by atoms with Crippen LogP contribution < -0.4 is 5.73 Å². The van der Waals surface area contributed by atoms with Gasteiger partial charge in [-0.2, -0.15) is 4.31 Å². The number of nitrogens with two attached hydrogens (primary N) is 1. The fourth-order valence-electron chi connectivity index (χ4n) is 2.48. The van der Waals surface area contributed by atoms with E-state index in [9.17, 15) is 18.0 Å². The number of hydrogen-bond acceptors (Lipinski definition) is 6. The van der Waals surface area contributed by atoms with Crippen molar-refractivity contribution >= 4 is 21.9 Å². The zero-order valence-electron chi connectivity index (χ0n) is 13.5. The molecule has 1 fully saturated rings. The van der Waals surface area contributed by atoms with Crippen molar-refractivity contribution in [3.8, 4) is 0 Å². The van der Waals surface area contributed by atoms with Gasteiger partial charge in [0.1, 0.15) is 0 Å². The molecule has 2 rings (SSSR count). The molecule has 132 valence electrons. The lowest BCUT2D eigenvalue weighted by Gasteiger charge is -2.34. The zero-order valence-corrected chi connectivity index (χ0v) is 14.3. The first-order valence-electron chi connectivity index (χ1n) is 7.41. The Balaban J connectivity index is 2.23. The molecule has 0 spiro atoms. The second-order valence-corrected chi connectivity index (χ2v) is 7.59. The molecule has 1 saturated heterocycles. The molecule has 0 saturated carbocycles. The minimum Gasteiger partial charge on any atom is -0.452 e. The summed E-state index contributed by atoms with van der Waals surface area (Å²) in [5, 5.41) is 0. The van der Waals surface area contributed by atoms with Gasteiger partial charge >= 0.3 is 5.97 Å². The third-order valence-electron chi connectivity index (χ3n) is 3.44. The average molecular weight is 356 g/mol. The molecule has 1 aliphatic rings. The summed E-state index contributed by atoms with van der Waals surface area (Å²) in [7, 11) is -3.76.